The minimum absolute atomic E-state index is 0.0436. The number of nitro groups is 1. The molecule has 0 bridgehead atoms. The third-order valence-electron chi connectivity index (χ3n) is 3.56. The van der Waals surface area contributed by atoms with Crippen molar-refractivity contribution in [1.82, 2.24) is 4.57 Å². The lowest BCUT2D eigenvalue weighted by molar-refractivity contribution is -0.384. The van der Waals surface area contributed by atoms with Crippen LogP contribution in [0, 0.1) is 17.0 Å². The van der Waals surface area contributed by atoms with E-state index in [2.05, 4.69) is 10.2 Å². The van der Waals surface area contributed by atoms with Crippen LogP contribution < -0.4 is 11.3 Å². The summed E-state index contributed by atoms with van der Waals surface area (Å²) in [5.74, 6) is -1.48. The zero-order valence-corrected chi connectivity index (χ0v) is 13.5. The first-order chi connectivity index (χ1) is 11.8. The fraction of sp³-hybridized carbons (Fsp3) is 0.200. The molecule has 0 spiro atoms. The summed E-state index contributed by atoms with van der Waals surface area (Å²) in [4.78, 5) is 34.4. The second-order valence-electron chi connectivity index (χ2n) is 5.03. The standard InChI is InChI=1S/C15H15N5O5/c1-3-19-14(22)11(13(16)21)8(2)12(15(19)23)18-17-9-6-4-5-7-10(9)20(24)25/h4-7,22H,3H2,1-2H3,(H2,16,21). The van der Waals surface area contributed by atoms with Gasteiger partial charge < -0.3 is 10.8 Å². The number of hydrogen-bond donors (Lipinski definition) is 2. The van der Waals surface area contributed by atoms with E-state index in [1.54, 1.807) is 6.92 Å². The van der Waals surface area contributed by atoms with E-state index in [4.69, 9.17) is 5.73 Å². The number of para-hydroxylation sites is 1. The summed E-state index contributed by atoms with van der Waals surface area (Å²) in [6.07, 6.45) is 0. The summed E-state index contributed by atoms with van der Waals surface area (Å²) in [5.41, 5.74) is 3.79. The molecule has 2 aromatic rings. The van der Waals surface area contributed by atoms with Crippen LogP contribution in [-0.4, -0.2) is 20.5 Å². The Morgan fingerprint density at radius 3 is 2.56 bits per heavy atom. The van der Waals surface area contributed by atoms with Crippen molar-refractivity contribution in [2.75, 3.05) is 0 Å². The number of nitrogens with two attached hydrogens (primary N) is 1. The van der Waals surface area contributed by atoms with Crippen molar-refractivity contribution in [2.45, 2.75) is 20.4 Å². The summed E-state index contributed by atoms with van der Waals surface area (Å²) in [7, 11) is 0. The van der Waals surface area contributed by atoms with E-state index in [0.717, 1.165) is 4.57 Å². The van der Waals surface area contributed by atoms with Crippen LogP contribution in [0.4, 0.5) is 17.1 Å². The largest absolute Gasteiger partial charge is 0.494 e. The third-order valence-corrected chi connectivity index (χ3v) is 3.56. The van der Waals surface area contributed by atoms with Gasteiger partial charge in [0.2, 0.25) is 5.88 Å². The molecule has 10 heteroatoms. The number of azo groups is 1. The van der Waals surface area contributed by atoms with Gasteiger partial charge >= 0.3 is 0 Å². The molecule has 1 aromatic heterocycles. The predicted molar refractivity (Wildman–Crippen MR) is 88.6 cm³/mol. The Hall–Kier alpha value is -3.56. The molecule has 0 saturated heterocycles. The molecule has 0 unspecified atom stereocenters. The van der Waals surface area contributed by atoms with Gasteiger partial charge in [-0.25, -0.2) is 0 Å². The highest BCUT2D eigenvalue weighted by Gasteiger charge is 2.22. The van der Waals surface area contributed by atoms with Crippen LogP contribution in [0.25, 0.3) is 0 Å². The molecule has 10 nitrogen and oxygen atoms in total. The summed E-state index contributed by atoms with van der Waals surface area (Å²) in [6.45, 7) is 3.04. The van der Waals surface area contributed by atoms with Gasteiger partial charge in [0.25, 0.3) is 17.2 Å². The minimum Gasteiger partial charge on any atom is -0.494 e. The average molecular weight is 345 g/mol. The number of nitro benzene ring substituents is 1. The zero-order chi connectivity index (χ0) is 18.7. The van der Waals surface area contributed by atoms with Crippen molar-refractivity contribution in [1.29, 1.82) is 0 Å². The average Bonchev–Trinajstić information content (AvgIpc) is 2.54. The van der Waals surface area contributed by atoms with Crippen molar-refractivity contribution in [2.24, 2.45) is 16.0 Å². The summed E-state index contributed by atoms with van der Waals surface area (Å²) < 4.78 is 0.918. The second-order valence-corrected chi connectivity index (χ2v) is 5.03. The van der Waals surface area contributed by atoms with Crippen molar-refractivity contribution in [3.05, 3.63) is 55.9 Å². The lowest BCUT2D eigenvalue weighted by Crippen LogP contribution is -2.25. The number of rotatable bonds is 5. The Morgan fingerprint density at radius 2 is 2.00 bits per heavy atom. The highest BCUT2D eigenvalue weighted by atomic mass is 16.6. The number of primary amides is 1. The molecule has 3 N–H and O–H groups in total. The van der Waals surface area contributed by atoms with Crippen molar-refractivity contribution in [3.8, 4) is 5.88 Å². The third kappa shape index (κ3) is 3.22. The van der Waals surface area contributed by atoms with Crippen molar-refractivity contribution >= 4 is 23.0 Å². The fourth-order valence-corrected chi connectivity index (χ4v) is 2.32. The molecule has 0 aliphatic rings. The number of carbonyl (C=O) groups is 1. The maximum Gasteiger partial charge on any atom is 0.296 e. The highest BCUT2D eigenvalue weighted by Crippen LogP contribution is 2.30. The van der Waals surface area contributed by atoms with Crippen LogP contribution >= 0.6 is 0 Å². The number of amides is 1. The van der Waals surface area contributed by atoms with Gasteiger partial charge in [0.05, 0.1) is 4.92 Å². The smallest absolute Gasteiger partial charge is 0.296 e. The molecule has 25 heavy (non-hydrogen) atoms. The molecule has 1 amide bonds. The normalized spacial score (nSPS) is 11.0. The number of aromatic nitrogens is 1. The highest BCUT2D eigenvalue weighted by molar-refractivity contribution is 5.97. The predicted octanol–water partition coefficient (Wildman–Crippen LogP) is 2.30. The van der Waals surface area contributed by atoms with E-state index in [9.17, 15) is 24.8 Å². The van der Waals surface area contributed by atoms with Gasteiger partial charge in [-0.05, 0) is 19.9 Å². The van der Waals surface area contributed by atoms with Crippen LogP contribution in [0.2, 0.25) is 0 Å². The lowest BCUT2D eigenvalue weighted by Gasteiger charge is -2.12. The van der Waals surface area contributed by atoms with Crippen LogP contribution in [0.15, 0.2) is 39.3 Å². The zero-order valence-electron chi connectivity index (χ0n) is 13.5. The summed E-state index contributed by atoms with van der Waals surface area (Å²) in [5, 5.41) is 28.6. The first-order valence-electron chi connectivity index (χ1n) is 7.20. The van der Waals surface area contributed by atoms with Crippen molar-refractivity contribution < 1.29 is 14.8 Å². The molecule has 0 aliphatic carbocycles. The van der Waals surface area contributed by atoms with Gasteiger partial charge in [0.15, 0.2) is 11.4 Å². The Labute approximate surface area is 141 Å². The van der Waals surface area contributed by atoms with Crippen LogP contribution in [0.1, 0.15) is 22.8 Å². The van der Waals surface area contributed by atoms with E-state index in [1.807, 2.05) is 0 Å². The SMILES string of the molecule is CCn1c(O)c(C(N)=O)c(C)c(N=Nc2ccccc2[N+](=O)[O-])c1=O. The number of hydrogen-bond acceptors (Lipinski definition) is 7. The number of nitrogens with zero attached hydrogens (tertiary/aromatic N) is 4. The van der Waals surface area contributed by atoms with Crippen molar-refractivity contribution in [3.63, 3.8) is 0 Å². The molecule has 2 rings (SSSR count). The number of benzene rings is 1. The maximum absolute atomic E-state index is 12.4. The van der Waals surface area contributed by atoms with E-state index >= 15 is 0 Å². The summed E-state index contributed by atoms with van der Waals surface area (Å²) in [6, 6.07) is 5.62. The van der Waals surface area contributed by atoms with E-state index < -0.39 is 22.3 Å². The minimum atomic E-state index is -0.931. The maximum atomic E-state index is 12.4. The molecule has 0 aliphatic heterocycles. The summed E-state index contributed by atoms with van der Waals surface area (Å²) >= 11 is 0. The molecule has 1 aromatic carbocycles. The molecule has 1 heterocycles. The fourth-order valence-electron chi connectivity index (χ4n) is 2.32. The Morgan fingerprint density at radius 1 is 1.36 bits per heavy atom. The van der Waals surface area contributed by atoms with Crippen LogP contribution in [0.5, 0.6) is 5.88 Å². The van der Waals surface area contributed by atoms with E-state index in [1.165, 1.54) is 31.2 Å². The molecule has 0 atom stereocenters. The Kier molecular flexibility index (Phi) is 4.92. The first kappa shape index (κ1) is 17.8. The van der Waals surface area contributed by atoms with Gasteiger partial charge in [0, 0.05) is 18.2 Å². The number of carbonyl (C=O) groups excluding carboxylic acids is 1. The lowest BCUT2D eigenvalue weighted by atomic mass is 10.1. The van der Waals surface area contributed by atoms with E-state index in [-0.39, 0.29) is 34.7 Å². The first-order valence-corrected chi connectivity index (χ1v) is 7.20. The van der Waals surface area contributed by atoms with Gasteiger partial charge in [-0.3, -0.25) is 24.3 Å². The second kappa shape index (κ2) is 6.91. The topological polar surface area (TPSA) is 153 Å². The monoisotopic (exact) mass is 345 g/mol. The number of aromatic hydroxyl groups is 1. The molecule has 0 radical (unpaired) electrons. The van der Waals surface area contributed by atoms with Gasteiger partial charge in [-0.15, -0.1) is 10.2 Å². The molecular formula is C15H15N5O5. The van der Waals surface area contributed by atoms with Gasteiger partial charge in [0.1, 0.15) is 5.56 Å². The van der Waals surface area contributed by atoms with Gasteiger partial charge in [-0.2, -0.15) is 0 Å². The van der Waals surface area contributed by atoms with Gasteiger partial charge in [-0.1, -0.05) is 12.1 Å². The van der Waals surface area contributed by atoms with E-state index in [0.29, 0.717) is 0 Å². The molecule has 130 valence electrons. The quantitative estimate of drug-likeness (QED) is 0.483. The number of pyridine rings is 1. The Balaban J connectivity index is 2.69. The van der Waals surface area contributed by atoms with Crippen LogP contribution in [-0.2, 0) is 6.54 Å². The Bertz CT molecular complexity index is 948. The van der Waals surface area contributed by atoms with Crippen LogP contribution in [0.3, 0.4) is 0 Å². The molecule has 0 fully saturated rings. The molecule has 0 saturated carbocycles. The molecular weight excluding hydrogens is 330 g/mol.